The van der Waals surface area contributed by atoms with Crippen LogP contribution in [0, 0.1) is 5.92 Å². The van der Waals surface area contributed by atoms with E-state index in [1.165, 1.54) is 17.8 Å². The summed E-state index contributed by atoms with van der Waals surface area (Å²) in [6.45, 7) is 7.20. The molecular formula is C11H18N2O. The Morgan fingerprint density at radius 1 is 1.50 bits per heavy atom. The summed E-state index contributed by atoms with van der Waals surface area (Å²) in [5, 5.41) is 0. The molecule has 0 bridgehead atoms. The standard InChI is InChI=1S/C11H18N2O/c1-4-14-11-12-9-6-5-7(2)8(3)10(9)13-11/h7-8H,4-6H2,1-3H3,(H,12,13). The lowest BCUT2D eigenvalue weighted by atomic mass is 9.82. The Kier molecular flexibility index (Phi) is 2.48. The summed E-state index contributed by atoms with van der Waals surface area (Å²) in [4.78, 5) is 7.75. The van der Waals surface area contributed by atoms with Gasteiger partial charge in [-0.2, -0.15) is 4.98 Å². The molecule has 1 aliphatic rings. The van der Waals surface area contributed by atoms with Crippen molar-refractivity contribution in [2.45, 2.75) is 39.5 Å². The van der Waals surface area contributed by atoms with Gasteiger partial charge in [0.1, 0.15) is 0 Å². The molecule has 0 amide bonds. The molecule has 0 radical (unpaired) electrons. The predicted octanol–water partition coefficient (Wildman–Crippen LogP) is 2.49. The molecule has 1 aromatic rings. The molecule has 78 valence electrons. The summed E-state index contributed by atoms with van der Waals surface area (Å²) in [7, 11) is 0. The molecule has 3 heteroatoms. The molecule has 14 heavy (non-hydrogen) atoms. The fourth-order valence-electron chi connectivity index (χ4n) is 2.06. The van der Waals surface area contributed by atoms with Crippen LogP contribution < -0.4 is 4.74 Å². The smallest absolute Gasteiger partial charge is 0.294 e. The van der Waals surface area contributed by atoms with Gasteiger partial charge in [-0.15, -0.1) is 0 Å². The summed E-state index contributed by atoms with van der Waals surface area (Å²) in [5.41, 5.74) is 2.49. The largest absolute Gasteiger partial charge is 0.465 e. The second-order valence-corrected chi connectivity index (χ2v) is 4.14. The fourth-order valence-corrected chi connectivity index (χ4v) is 2.06. The molecule has 3 nitrogen and oxygen atoms in total. The van der Waals surface area contributed by atoms with E-state index >= 15 is 0 Å². The molecule has 1 N–H and O–H groups in total. The Morgan fingerprint density at radius 2 is 2.29 bits per heavy atom. The van der Waals surface area contributed by atoms with E-state index < -0.39 is 0 Å². The average molecular weight is 194 g/mol. The molecule has 0 fully saturated rings. The minimum absolute atomic E-state index is 0.559. The molecule has 0 aliphatic heterocycles. The van der Waals surface area contributed by atoms with E-state index in [1.54, 1.807) is 0 Å². The first kappa shape index (κ1) is 9.56. The maximum absolute atomic E-state index is 5.38. The van der Waals surface area contributed by atoms with Crippen LogP contribution in [0.5, 0.6) is 6.01 Å². The number of rotatable bonds is 2. The van der Waals surface area contributed by atoms with E-state index in [1.807, 2.05) is 6.92 Å². The first-order chi connectivity index (χ1) is 6.72. The van der Waals surface area contributed by atoms with Crippen molar-refractivity contribution in [3.8, 4) is 6.01 Å². The average Bonchev–Trinajstić information content (AvgIpc) is 2.56. The maximum Gasteiger partial charge on any atom is 0.294 e. The highest BCUT2D eigenvalue weighted by molar-refractivity contribution is 5.24. The number of aromatic nitrogens is 2. The summed E-state index contributed by atoms with van der Waals surface area (Å²) in [6.07, 6.45) is 2.36. The van der Waals surface area contributed by atoms with Gasteiger partial charge in [-0.05, 0) is 25.7 Å². The van der Waals surface area contributed by atoms with Crippen molar-refractivity contribution >= 4 is 0 Å². The van der Waals surface area contributed by atoms with Gasteiger partial charge in [-0.25, -0.2) is 0 Å². The number of nitrogens with zero attached hydrogens (tertiary/aromatic N) is 1. The van der Waals surface area contributed by atoms with Gasteiger partial charge >= 0.3 is 0 Å². The van der Waals surface area contributed by atoms with Crippen LogP contribution in [0.25, 0.3) is 0 Å². The van der Waals surface area contributed by atoms with Crippen LogP contribution in [-0.2, 0) is 6.42 Å². The van der Waals surface area contributed by atoms with Crippen LogP contribution in [0.1, 0.15) is 44.5 Å². The summed E-state index contributed by atoms with van der Waals surface area (Å²) in [6, 6.07) is 0.693. The Hall–Kier alpha value is -0.990. The van der Waals surface area contributed by atoms with Crippen molar-refractivity contribution in [2.75, 3.05) is 6.61 Å². The number of aromatic amines is 1. The molecule has 1 aromatic heterocycles. The van der Waals surface area contributed by atoms with Crippen molar-refractivity contribution in [2.24, 2.45) is 5.92 Å². The number of aryl methyl sites for hydroxylation is 1. The molecule has 0 saturated heterocycles. The van der Waals surface area contributed by atoms with Gasteiger partial charge in [0.15, 0.2) is 0 Å². The van der Waals surface area contributed by atoms with Crippen molar-refractivity contribution in [1.29, 1.82) is 0 Å². The Balaban J connectivity index is 2.27. The minimum atomic E-state index is 0.559. The van der Waals surface area contributed by atoms with E-state index in [4.69, 9.17) is 4.74 Å². The lowest BCUT2D eigenvalue weighted by molar-refractivity contribution is 0.315. The number of H-pyrrole nitrogens is 1. The summed E-state index contributed by atoms with van der Waals surface area (Å²) < 4.78 is 5.38. The van der Waals surface area contributed by atoms with Crippen molar-refractivity contribution in [1.82, 2.24) is 9.97 Å². The topological polar surface area (TPSA) is 37.9 Å². The van der Waals surface area contributed by atoms with Gasteiger partial charge < -0.3 is 9.72 Å². The minimum Gasteiger partial charge on any atom is -0.465 e. The van der Waals surface area contributed by atoms with Crippen molar-refractivity contribution in [3.63, 3.8) is 0 Å². The van der Waals surface area contributed by atoms with E-state index in [9.17, 15) is 0 Å². The molecule has 2 atom stereocenters. The maximum atomic E-state index is 5.38. The number of ether oxygens (including phenoxy) is 1. The van der Waals surface area contributed by atoms with Gasteiger partial charge in [0.2, 0.25) is 0 Å². The molecule has 2 unspecified atom stereocenters. The number of hydrogen-bond donors (Lipinski definition) is 1. The summed E-state index contributed by atoms with van der Waals surface area (Å²) in [5.74, 6) is 1.30. The zero-order chi connectivity index (χ0) is 10.1. The highest BCUT2D eigenvalue weighted by Gasteiger charge is 2.26. The third kappa shape index (κ3) is 1.51. The van der Waals surface area contributed by atoms with Crippen LogP contribution in [0.15, 0.2) is 0 Å². The molecule has 1 aliphatic carbocycles. The monoisotopic (exact) mass is 194 g/mol. The van der Waals surface area contributed by atoms with E-state index in [0.29, 0.717) is 18.5 Å². The Bertz CT molecular complexity index is 319. The Morgan fingerprint density at radius 3 is 3.00 bits per heavy atom. The Labute approximate surface area is 84.9 Å². The third-order valence-corrected chi connectivity index (χ3v) is 3.20. The molecular weight excluding hydrogens is 176 g/mol. The summed E-state index contributed by atoms with van der Waals surface area (Å²) >= 11 is 0. The normalized spacial score (nSPS) is 25.9. The molecule has 0 aromatic carbocycles. The van der Waals surface area contributed by atoms with E-state index in [2.05, 4.69) is 23.8 Å². The van der Waals surface area contributed by atoms with Gasteiger partial charge in [-0.3, -0.25) is 0 Å². The second-order valence-electron chi connectivity index (χ2n) is 4.14. The highest BCUT2D eigenvalue weighted by Crippen LogP contribution is 2.35. The second kappa shape index (κ2) is 3.64. The number of hydrogen-bond acceptors (Lipinski definition) is 2. The molecule has 0 spiro atoms. The highest BCUT2D eigenvalue weighted by atomic mass is 16.5. The first-order valence-electron chi connectivity index (χ1n) is 5.44. The van der Waals surface area contributed by atoms with Gasteiger partial charge in [0.05, 0.1) is 12.3 Å². The predicted molar refractivity (Wildman–Crippen MR) is 55.7 cm³/mol. The van der Waals surface area contributed by atoms with Crippen LogP contribution in [-0.4, -0.2) is 16.6 Å². The quantitative estimate of drug-likeness (QED) is 0.785. The number of fused-ring (bicyclic) bond motifs is 1. The first-order valence-corrected chi connectivity index (χ1v) is 5.44. The molecule has 1 heterocycles. The molecule has 2 rings (SSSR count). The molecule has 0 saturated carbocycles. The SMILES string of the molecule is CCOc1nc2c([nH]1)CCC(C)C2C. The van der Waals surface area contributed by atoms with Gasteiger partial charge in [0, 0.05) is 11.6 Å². The van der Waals surface area contributed by atoms with Gasteiger partial charge in [-0.1, -0.05) is 13.8 Å². The van der Waals surface area contributed by atoms with Crippen LogP contribution >= 0.6 is 0 Å². The lowest BCUT2D eigenvalue weighted by Crippen LogP contribution is -2.15. The zero-order valence-electron chi connectivity index (χ0n) is 9.13. The lowest BCUT2D eigenvalue weighted by Gasteiger charge is -2.23. The van der Waals surface area contributed by atoms with E-state index in [-0.39, 0.29) is 0 Å². The van der Waals surface area contributed by atoms with Crippen molar-refractivity contribution in [3.05, 3.63) is 11.4 Å². The fraction of sp³-hybridized carbons (Fsp3) is 0.727. The number of imidazole rings is 1. The van der Waals surface area contributed by atoms with E-state index in [0.717, 1.165) is 12.3 Å². The van der Waals surface area contributed by atoms with Crippen LogP contribution in [0.3, 0.4) is 0 Å². The van der Waals surface area contributed by atoms with Crippen molar-refractivity contribution < 1.29 is 4.74 Å². The zero-order valence-corrected chi connectivity index (χ0v) is 9.13. The number of nitrogens with one attached hydrogen (secondary N) is 1. The van der Waals surface area contributed by atoms with Gasteiger partial charge in [0.25, 0.3) is 6.01 Å². The third-order valence-electron chi connectivity index (χ3n) is 3.20. The van der Waals surface area contributed by atoms with Crippen LogP contribution in [0.4, 0.5) is 0 Å². The van der Waals surface area contributed by atoms with Crippen LogP contribution in [0.2, 0.25) is 0 Å².